The summed E-state index contributed by atoms with van der Waals surface area (Å²) < 4.78 is 6.01. The van der Waals surface area contributed by atoms with Crippen molar-refractivity contribution in [2.45, 2.75) is 12.8 Å². The Morgan fingerprint density at radius 2 is 2.24 bits per heavy atom. The molecule has 2 rings (SSSR count). The highest BCUT2D eigenvalue weighted by atomic mass is 79.9. The Hall–Kier alpha value is -0.910. The van der Waals surface area contributed by atoms with Gasteiger partial charge >= 0.3 is 0 Å². The molecule has 0 saturated carbocycles. The maximum Gasteiger partial charge on any atom is 0.257 e. The van der Waals surface area contributed by atoms with Gasteiger partial charge in [-0.25, -0.2) is 0 Å². The molecule has 1 heterocycles. The van der Waals surface area contributed by atoms with Gasteiger partial charge in [-0.05, 0) is 47.1 Å². The predicted octanol–water partition coefficient (Wildman–Crippen LogP) is 3.04. The molecule has 17 heavy (non-hydrogen) atoms. The van der Waals surface area contributed by atoms with E-state index in [1.165, 1.54) is 0 Å². The first-order chi connectivity index (χ1) is 8.20. The summed E-state index contributed by atoms with van der Waals surface area (Å²) in [5.74, 6) is 1.15. The van der Waals surface area contributed by atoms with Crippen molar-refractivity contribution in [2.75, 3.05) is 6.54 Å². The van der Waals surface area contributed by atoms with Crippen LogP contribution in [0.2, 0.25) is 5.02 Å². The van der Waals surface area contributed by atoms with Gasteiger partial charge in [-0.15, -0.1) is 0 Å². The summed E-state index contributed by atoms with van der Waals surface area (Å²) in [6, 6.07) is 5.50. The van der Waals surface area contributed by atoms with E-state index >= 15 is 0 Å². The summed E-state index contributed by atoms with van der Waals surface area (Å²) >= 11 is 9.33. The van der Waals surface area contributed by atoms with Crippen LogP contribution in [0.4, 0.5) is 0 Å². The number of aryl methyl sites for hydroxylation is 1. The number of benzene rings is 1. The number of hydrogen-bond acceptors (Lipinski definition) is 4. The van der Waals surface area contributed by atoms with Crippen LogP contribution >= 0.6 is 27.5 Å². The third kappa shape index (κ3) is 3.06. The Bertz CT molecular complexity index is 515. The molecule has 0 amide bonds. The minimum absolute atomic E-state index is 0.478. The molecule has 2 aromatic rings. The third-order valence-corrected chi connectivity index (χ3v) is 3.47. The molecule has 1 aromatic heterocycles. The second-order valence-electron chi connectivity index (χ2n) is 3.54. The Balaban J connectivity index is 2.21. The molecule has 0 spiro atoms. The Morgan fingerprint density at radius 1 is 1.41 bits per heavy atom. The average molecular weight is 317 g/mol. The number of aromatic nitrogens is 2. The fourth-order valence-electron chi connectivity index (χ4n) is 1.36. The number of hydrogen-bond donors (Lipinski definition) is 1. The smallest absolute Gasteiger partial charge is 0.257 e. The zero-order valence-corrected chi connectivity index (χ0v) is 11.3. The fraction of sp³-hybridized carbons (Fsp3) is 0.273. The van der Waals surface area contributed by atoms with Crippen LogP contribution in [0.1, 0.15) is 12.2 Å². The van der Waals surface area contributed by atoms with Crippen molar-refractivity contribution in [3.8, 4) is 11.5 Å². The second-order valence-corrected chi connectivity index (χ2v) is 4.80. The SMILES string of the molecule is NCCCc1noc(-c2ccc(Br)c(Cl)c2)n1. The van der Waals surface area contributed by atoms with Gasteiger partial charge in [0, 0.05) is 16.5 Å². The van der Waals surface area contributed by atoms with Crippen molar-refractivity contribution in [1.82, 2.24) is 10.1 Å². The van der Waals surface area contributed by atoms with E-state index < -0.39 is 0 Å². The maximum absolute atomic E-state index is 6.00. The zero-order valence-electron chi connectivity index (χ0n) is 8.99. The monoisotopic (exact) mass is 315 g/mol. The summed E-state index contributed by atoms with van der Waals surface area (Å²) in [5.41, 5.74) is 6.23. The van der Waals surface area contributed by atoms with Gasteiger partial charge in [0.2, 0.25) is 0 Å². The summed E-state index contributed by atoms with van der Waals surface area (Å²) in [5, 5.41) is 4.50. The fourth-order valence-corrected chi connectivity index (χ4v) is 1.79. The van der Waals surface area contributed by atoms with E-state index in [0.29, 0.717) is 23.3 Å². The van der Waals surface area contributed by atoms with Gasteiger partial charge < -0.3 is 10.3 Å². The molecule has 4 nitrogen and oxygen atoms in total. The van der Waals surface area contributed by atoms with Crippen molar-refractivity contribution >= 4 is 27.5 Å². The Kier molecular flexibility index (Phi) is 4.15. The van der Waals surface area contributed by atoms with Crippen LogP contribution in [0.3, 0.4) is 0 Å². The highest BCUT2D eigenvalue weighted by molar-refractivity contribution is 9.10. The first-order valence-corrected chi connectivity index (χ1v) is 6.36. The molecule has 0 atom stereocenters. The standard InChI is InChI=1S/C11H11BrClN3O/c12-8-4-3-7(6-9(8)13)11-15-10(16-17-11)2-1-5-14/h3-4,6H,1-2,5,14H2. The van der Waals surface area contributed by atoms with Crippen molar-refractivity contribution in [3.05, 3.63) is 33.5 Å². The van der Waals surface area contributed by atoms with Crippen LogP contribution < -0.4 is 5.73 Å². The van der Waals surface area contributed by atoms with E-state index in [-0.39, 0.29) is 0 Å². The van der Waals surface area contributed by atoms with Crippen LogP contribution in [0, 0.1) is 0 Å². The minimum Gasteiger partial charge on any atom is -0.334 e. The maximum atomic E-state index is 6.00. The highest BCUT2D eigenvalue weighted by Gasteiger charge is 2.09. The molecular formula is C11H11BrClN3O. The van der Waals surface area contributed by atoms with Gasteiger partial charge in [0.25, 0.3) is 5.89 Å². The lowest BCUT2D eigenvalue weighted by molar-refractivity contribution is 0.422. The minimum atomic E-state index is 0.478. The lowest BCUT2D eigenvalue weighted by Crippen LogP contribution is -2.01. The number of halogens is 2. The van der Waals surface area contributed by atoms with Crippen LogP contribution in [-0.2, 0) is 6.42 Å². The molecule has 0 unspecified atom stereocenters. The summed E-state index contributed by atoms with van der Waals surface area (Å²) in [6.07, 6.45) is 1.57. The molecule has 6 heteroatoms. The van der Waals surface area contributed by atoms with Gasteiger partial charge in [0.05, 0.1) is 5.02 Å². The molecule has 0 radical (unpaired) electrons. The van der Waals surface area contributed by atoms with Gasteiger partial charge in [0.1, 0.15) is 0 Å². The average Bonchev–Trinajstić information content (AvgIpc) is 2.79. The van der Waals surface area contributed by atoms with Crippen molar-refractivity contribution in [3.63, 3.8) is 0 Å². The van der Waals surface area contributed by atoms with E-state index in [1.807, 2.05) is 12.1 Å². The summed E-state index contributed by atoms with van der Waals surface area (Å²) in [6.45, 7) is 0.619. The molecule has 2 N–H and O–H groups in total. The van der Waals surface area contributed by atoms with Gasteiger partial charge in [-0.3, -0.25) is 0 Å². The van der Waals surface area contributed by atoms with Crippen LogP contribution in [0.5, 0.6) is 0 Å². The quantitative estimate of drug-likeness (QED) is 0.941. The van der Waals surface area contributed by atoms with E-state index in [4.69, 9.17) is 21.9 Å². The van der Waals surface area contributed by atoms with E-state index in [1.54, 1.807) is 6.07 Å². The molecule has 0 saturated heterocycles. The van der Waals surface area contributed by atoms with Crippen molar-refractivity contribution in [1.29, 1.82) is 0 Å². The lowest BCUT2D eigenvalue weighted by Gasteiger charge is -1.97. The second kappa shape index (κ2) is 5.62. The molecular weight excluding hydrogens is 305 g/mol. The number of nitrogens with two attached hydrogens (primary N) is 1. The summed E-state index contributed by atoms with van der Waals surface area (Å²) in [4.78, 5) is 4.28. The van der Waals surface area contributed by atoms with E-state index in [2.05, 4.69) is 26.1 Å². The number of nitrogens with zero attached hydrogens (tertiary/aromatic N) is 2. The Morgan fingerprint density at radius 3 is 2.94 bits per heavy atom. The molecule has 0 bridgehead atoms. The van der Waals surface area contributed by atoms with Gasteiger partial charge in [0.15, 0.2) is 5.82 Å². The normalized spacial score (nSPS) is 10.8. The molecule has 90 valence electrons. The van der Waals surface area contributed by atoms with Gasteiger partial charge in [-0.1, -0.05) is 16.8 Å². The van der Waals surface area contributed by atoms with Crippen LogP contribution in [0.15, 0.2) is 27.2 Å². The first kappa shape index (κ1) is 12.5. The lowest BCUT2D eigenvalue weighted by atomic mass is 10.2. The molecule has 0 aliphatic carbocycles. The van der Waals surface area contributed by atoms with Crippen LogP contribution in [0.25, 0.3) is 11.5 Å². The predicted molar refractivity (Wildman–Crippen MR) is 69.8 cm³/mol. The van der Waals surface area contributed by atoms with E-state index in [0.717, 1.165) is 22.9 Å². The molecule has 0 aliphatic heterocycles. The third-order valence-electron chi connectivity index (χ3n) is 2.24. The van der Waals surface area contributed by atoms with Gasteiger partial charge in [-0.2, -0.15) is 4.98 Å². The molecule has 0 fully saturated rings. The molecule has 1 aromatic carbocycles. The Labute approximate surface area is 112 Å². The van der Waals surface area contributed by atoms with Crippen molar-refractivity contribution in [2.24, 2.45) is 5.73 Å². The zero-order chi connectivity index (χ0) is 12.3. The first-order valence-electron chi connectivity index (χ1n) is 5.19. The topological polar surface area (TPSA) is 64.9 Å². The summed E-state index contributed by atoms with van der Waals surface area (Å²) in [7, 11) is 0. The van der Waals surface area contributed by atoms with Crippen LogP contribution in [-0.4, -0.2) is 16.7 Å². The van der Waals surface area contributed by atoms with E-state index in [9.17, 15) is 0 Å². The molecule has 0 aliphatic rings. The number of rotatable bonds is 4. The largest absolute Gasteiger partial charge is 0.334 e. The highest BCUT2D eigenvalue weighted by Crippen LogP contribution is 2.27. The van der Waals surface area contributed by atoms with Crippen molar-refractivity contribution < 1.29 is 4.52 Å².